The number of anilines is 1. The van der Waals surface area contributed by atoms with Gasteiger partial charge in [-0.25, -0.2) is 0 Å². The number of para-hydroxylation sites is 2. The number of ether oxygens (including phenoxy) is 1. The number of nitrogens with one attached hydrogen (secondary N) is 1. The molecule has 2 aromatic carbocycles. The quantitative estimate of drug-likeness (QED) is 0.919. The first-order valence-electron chi connectivity index (χ1n) is 8.88. The number of hydrogen-bond donors (Lipinski definition) is 1. The van der Waals surface area contributed by atoms with Gasteiger partial charge in [0, 0.05) is 5.56 Å². The first kappa shape index (κ1) is 18.0. The molecule has 26 heavy (non-hydrogen) atoms. The highest BCUT2D eigenvalue weighted by Crippen LogP contribution is 2.31. The van der Waals surface area contributed by atoms with Crippen molar-refractivity contribution in [2.24, 2.45) is 5.92 Å². The van der Waals surface area contributed by atoms with E-state index in [-0.39, 0.29) is 17.7 Å². The second-order valence-corrected chi connectivity index (χ2v) is 6.82. The molecule has 136 valence electrons. The molecular weight excluding hydrogens is 328 g/mol. The lowest BCUT2D eigenvalue weighted by Crippen LogP contribution is -2.53. The Morgan fingerprint density at radius 2 is 1.77 bits per heavy atom. The molecule has 1 N–H and O–H groups in total. The summed E-state index contributed by atoms with van der Waals surface area (Å²) in [6.45, 7) is 6.68. The summed E-state index contributed by atoms with van der Waals surface area (Å²) in [4.78, 5) is 27.6. The Balaban J connectivity index is 1.84. The van der Waals surface area contributed by atoms with Crippen LogP contribution >= 0.6 is 0 Å². The molecule has 0 saturated heterocycles. The molecule has 2 aromatic rings. The van der Waals surface area contributed by atoms with Gasteiger partial charge in [-0.05, 0) is 36.6 Å². The molecule has 1 atom stereocenters. The Morgan fingerprint density at radius 3 is 2.50 bits per heavy atom. The van der Waals surface area contributed by atoms with Gasteiger partial charge in [-0.3, -0.25) is 9.59 Å². The standard InChI is InChI=1S/C21H24N2O3/c1-14(2)19(22-20(24)16-9-5-4-8-15(16)3)21(25)23-12-13-26-18-11-7-6-10-17(18)23/h4-11,14,19H,12-13H2,1-3H3,(H,22,24)/t19-/m1/s1. The van der Waals surface area contributed by atoms with Crippen molar-refractivity contribution in [1.82, 2.24) is 5.32 Å². The SMILES string of the molecule is Cc1ccccc1C(=O)N[C@@H](C(=O)N1CCOc2ccccc21)C(C)C. The van der Waals surface area contributed by atoms with Crippen LogP contribution in [-0.4, -0.2) is 31.0 Å². The van der Waals surface area contributed by atoms with E-state index in [1.807, 2.05) is 63.2 Å². The maximum absolute atomic E-state index is 13.2. The van der Waals surface area contributed by atoms with Gasteiger partial charge in [-0.1, -0.05) is 44.2 Å². The molecule has 3 rings (SSSR count). The Hall–Kier alpha value is -2.82. The maximum Gasteiger partial charge on any atom is 0.252 e. The number of nitrogens with zero attached hydrogens (tertiary/aromatic N) is 1. The zero-order valence-electron chi connectivity index (χ0n) is 15.4. The van der Waals surface area contributed by atoms with Gasteiger partial charge in [-0.2, -0.15) is 0 Å². The number of aryl methyl sites for hydroxylation is 1. The lowest BCUT2D eigenvalue weighted by atomic mass is 10.0. The van der Waals surface area contributed by atoms with E-state index < -0.39 is 6.04 Å². The smallest absolute Gasteiger partial charge is 0.252 e. The van der Waals surface area contributed by atoms with Crippen molar-refractivity contribution >= 4 is 17.5 Å². The van der Waals surface area contributed by atoms with E-state index in [1.165, 1.54) is 0 Å². The Kier molecular flexibility index (Phi) is 5.26. The Labute approximate surface area is 154 Å². The topological polar surface area (TPSA) is 58.6 Å². The molecule has 0 fully saturated rings. The molecule has 5 heteroatoms. The third kappa shape index (κ3) is 3.57. The molecule has 1 aliphatic rings. The zero-order chi connectivity index (χ0) is 18.7. The average molecular weight is 352 g/mol. The molecule has 0 bridgehead atoms. The summed E-state index contributed by atoms with van der Waals surface area (Å²) in [6.07, 6.45) is 0. The molecule has 0 unspecified atom stereocenters. The lowest BCUT2D eigenvalue weighted by molar-refractivity contribution is -0.121. The van der Waals surface area contributed by atoms with Crippen LogP contribution in [0.3, 0.4) is 0 Å². The fourth-order valence-corrected chi connectivity index (χ4v) is 3.13. The van der Waals surface area contributed by atoms with E-state index in [0.717, 1.165) is 11.3 Å². The summed E-state index contributed by atoms with van der Waals surface area (Å²) >= 11 is 0. The van der Waals surface area contributed by atoms with E-state index in [4.69, 9.17) is 4.74 Å². The molecule has 0 radical (unpaired) electrons. The highest BCUT2D eigenvalue weighted by molar-refractivity contribution is 6.03. The van der Waals surface area contributed by atoms with Gasteiger partial charge < -0.3 is 15.0 Å². The summed E-state index contributed by atoms with van der Waals surface area (Å²) in [5, 5.41) is 2.93. The summed E-state index contributed by atoms with van der Waals surface area (Å²) in [5.74, 6) is 0.319. The van der Waals surface area contributed by atoms with Gasteiger partial charge in [-0.15, -0.1) is 0 Å². The fourth-order valence-electron chi connectivity index (χ4n) is 3.13. The second kappa shape index (κ2) is 7.60. The third-order valence-corrected chi connectivity index (χ3v) is 4.60. The van der Waals surface area contributed by atoms with Crippen molar-refractivity contribution < 1.29 is 14.3 Å². The minimum absolute atomic E-state index is 0.0366. The van der Waals surface area contributed by atoms with Crippen molar-refractivity contribution in [3.05, 3.63) is 59.7 Å². The summed E-state index contributed by atoms with van der Waals surface area (Å²) in [5.41, 5.74) is 2.23. The van der Waals surface area contributed by atoms with Crippen LogP contribution in [0.1, 0.15) is 29.8 Å². The summed E-state index contributed by atoms with van der Waals surface area (Å²) < 4.78 is 5.63. The molecule has 0 aromatic heterocycles. The van der Waals surface area contributed by atoms with E-state index in [2.05, 4.69) is 5.32 Å². The van der Waals surface area contributed by atoms with Gasteiger partial charge in [0.2, 0.25) is 5.91 Å². The highest BCUT2D eigenvalue weighted by Gasteiger charge is 2.32. The lowest BCUT2D eigenvalue weighted by Gasteiger charge is -2.33. The van der Waals surface area contributed by atoms with Gasteiger partial charge in [0.05, 0.1) is 12.2 Å². The zero-order valence-corrected chi connectivity index (χ0v) is 15.4. The van der Waals surface area contributed by atoms with Gasteiger partial charge in [0.1, 0.15) is 18.4 Å². The number of carbonyl (C=O) groups is 2. The van der Waals surface area contributed by atoms with Crippen LogP contribution < -0.4 is 15.0 Å². The summed E-state index contributed by atoms with van der Waals surface area (Å²) in [7, 11) is 0. The van der Waals surface area contributed by atoms with Gasteiger partial charge in [0.25, 0.3) is 5.91 Å². The average Bonchev–Trinajstić information content (AvgIpc) is 2.65. The van der Waals surface area contributed by atoms with Crippen LogP contribution in [0.25, 0.3) is 0 Å². The molecule has 1 heterocycles. The normalized spacial score (nSPS) is 14.4. The minimum Gasteiger partial charge on any atom is -0.490 e. The van der Waals surface area contributed by atoms with Gasteiger partial charge in [0.15, 0.2) is 0 Å². The van der Waals surface area contributed by atoms with Crippen LogP contribution in [0, 0.1) is 12.8 Å². The molecule has 0 saturated carbocycles. The predicted molar refractivity (Wildman–Crippen MR) is 102 cm³/mol. The molecule has 0 aliphatic carbocycles. The Morgan fingerprint density at radius 1 is 1.08 bits per heavy atom. The molecule has 1 aliphatic heterocycles. The highest BCUT2D eigenvalue weighted by atomic mass is 16.5. The molecule has 2 amide bonds. The Bertz CT molecular complexity index is 816. The fraction of sp³-hybridized carbons (Fsp3) is 0.333. The first-order valence-corrected chi connectivity index (χ1v) is 8.88. The van der Waals surface area contributed by atoms with Crippen molar-refractivity contribution in [3.63, 3.8) is 0 Å². The van der Waals surface area contributed by atoms with Crippen LogP contribution in [-0.2, 0) is 4.79 Å². The maximum atomic E-state index is 13.2. The molecule has 0 spiro atoms. The van der Waals surface area contributed by atoms with Gasteiger partial charge >= 0.3 is 0 Å². The number of amides is 2. The molecule has 5 nitrogen and oxygen atoms in total. The van der Waals surface area contributed by atoms with E-state index in [9.17, 15) is 9.59 Å². The van der Waals surface area contributed by atoms with Crippen LogP contribution in [0.15, 0.2) is 48.5 Å². The van der Waals surface area contributed by atoms with Crippen LogP contribution in [0.2, 0.25) is 0 Å². The number of rotatable bonds is 4. The first-order chi connectivity index (χ1) is 12.5. The second-order valence-electron chi connectivity index (χ2n) is 6.82. The minimum atomic E-state index is -0.603. The van der Waals surface area contributed by atoms with Crippen molar-refractivity contribution in [2.45, 2.75) is 26.8 Å². The number of carbonyl (C=O) groups excluding carboxylic acids is 2. The van der Waals surface area contributed by atoms with E-state index >= 15 is 0 Å². The van der Waals surface area contributed by atoms with E-state index in [0.29, 0.717) is 24.5 Å². The predicted octanol–water partition coefficient (Wildman–Crippen LogP) is 3.18. The summed E-state index contributed by atoms with van der Waals surface area (Å²) in [6, 6.07) is 14.3. The van der Waals surface area contributed by atoms with Crippen molar-refractivity contribution in [3.8, 4) is 5.75 Å². The number of hydrogen-bond acceptors (Lipinski definition) is 3. The molecular formula is C21H24N2O3. The van der Waals surface area contributed by atoms with Crippen LogP contribution in [0.4, 0.5) is 5.69 Å². The largest absolute Gasteiger partial charge is 0.490 e. The number of benzene rings is 2. The van der Waals surface area contributed by atoms with Crippen molar-refractivity contribution in [2.75, 3.05) is 18.1 Å². The monoisotopic (exact) mass is 352 g/mol. The van der Waals surface area contributed by atoms with Crippen molar-refractivity contribution in [1.29, 1.82) is 0 Å². The number of fused-ring (bicyclic) bond motifs is 1. The third-order valence-electron chi connectivity index (χ3n) is 4.60. The van der Waals surface area contributed by atoms with E-state index in [1.54, 1.807) is 11.0 Å². The van der Waals surface area contributed by atoms with Crippen LogP contribution in [0.5, 0.6) is 5.75 Å².